The lowest BCUT2D eigenvalue weighted by molar-refractivity contribution is -0.142. The van der Waals surface area contributed by atoms with Crippen molar-refractivity contribution >= 4 is 17.7 Å². The Labute approximate surface area is 138 Å². The van der Waals surface area contributed by atoms with E-state index in [-0.39, 0.29) is 35.8 Å². The predicted octanol–water partition coefficient (Wildman–Crippen LogP) is 1.87. The van der Waals surface area contributed by atoms with Crippen molar-refractivity contribution in [3.63, 3.8) is 0 Å². The van der Waals surface area contributed by atoms with Crippen molar-refractivity contribution in [2.24, 2.45) is 5.92 Å². The maximum absolute atomic E-state index is 11.9. The molecule has 1 N–H and O–H groups in total. The molecule has 0 aromatic carbocycles. The molecular weight excluding hydrogens is 296 g/mol. The lowest BCUT2D eigenvalue weighted by atomic mass is 10.1. The Morgan fingerprint density at radius 2 is 2.04 bits per heavy atom. The van der Waals surface area contributed by atoms with E-state index in [4.69, 9.17) is 4.74 Å². The molecule has 1 aliphatic rings. The average molecular weight is 326 g/mol. The van der Waals surface area contributed by atoms with Crippen molar-refractivity contribution < 1.29 is 19.1 Å². The number of hydrogen-bond donors (Lipinski definition) is 1. The number of rotatable bonds is 10. The van der Waals surface area contributed by atoms with Gasteiger partial charge in [0.05, 0.1) is 6.10 Å². The Kier molecular flexibility index (Phi) is 8.23. The van der Waals surface area contributed by atoms with Crippen LogP contribution in [0, 0.1) is 5.92 Å². The summed E-state index contributed by atoms with van der Waals surface area (Å²) in [5.74, 6) is -0.317. The molecular formula is C17H30N2O4. The van der Waals surface area contributed by atoms with Crippen LogP contribution in [-0.2, 0) is 19.1 Å². The van der Waals surface area contributed by atoms with Crippen LogP contribution in [0.2, 0.25) is 0 Å². The number of imide groups is 1. The highest BCUT2D eigenvalue weighted by Gasteiger charge is 2.38. The Morgan fingerprint density at radius 1 is 1.35 bits per heavy atom. The molecule has 1 rings (SSSR count). The van der Waals surface area contributed by atoms with Gasteiger partial charge in [-0.3, -0.25) is 19.3 Å². The third-order valence-electron chi connectivity index (χ3n) is 4.14. The number of carbonyl (C=O) groups excluding carboxylic acids is 3. The van der Waals surface area contributed by atoms with E-state index in [0.717, 1.165) is 6.42 Å². The fourth-order valence-electron chi connectivity index (χ4n) is 2.61. The van der Waals surface area contributed by atoms with Gasteiger partial charge in [0.25, 0.3) is 0 Å². The van der Waals surface area contributed by atoms with Crippen LogP contribution in [0.3, 0.4) is 0 Å². The molecule has 3 atom stereocenters. The highest BCUT2D eigenvalue weighted by molar-refractivity contribution is 6.03. The number of nitrogens with one attached hydrogen (secondary N) is 1. The zero-order valence-corrected chi connectivity index (χ0v) is 14.8. The largest absolute Gasteiger partial charge is 0.378 e. The summed E-state index contributed by atoms with van der Waals surface area (Å²) < 4.78 is 5.70. The molecule has 1 saturated heterocycles. The monoisotopic (exact) mass is 326 g/mol. The lowest BCUT2D eigenvalue weighted by Gasteiger charge is -2.23. The molecule has 0 saturated carbocycles. The first-order valence-corrected chi connectivity index (χ1v) is 8.61. The fraction of sp³-hybridized carbons (Fsp3) is 0.824. The van der Waals surface area contributed by atoms with Gasteiger partial charge in [0.2, 0.25) is 17.7 Å². The summed E-state index contributed by atoms with van der Waals surface area (Å²) in [4.78, 5) is 36.6. The molecule has 0 aromatic heterocycles. The van der Waals surface area contributed by atoms with E-state index in [1.54, 1.807) is 6.92 Å². The molecule has 0 aromatic rings. The molecule has 1 aliphatic heterocycles. The van der Waals surface area contributed by atoms with E-state index in [1.807, 2.05) is 20.8 Å². The van der Waals surface area contributed by atoms with Crippen LogP contribution in [0.15, 0.2) is 0 Å². The van der Waals surface area contributed by atoms with E-state index >= 15 is 0 Å². The molecule has 0 bridgehead atoms. The van der Waals surface area contributed by atoms with E-state index in [1.165, 1.54) is 4.90 Å². The van der Waals surface area contributed by atoms with Crippen molar-refractivity contribution in [3.8, 4) is 0 Å². The zero-order chi connectivity index (χ0) is 17.4. The number of likely N-dealkylation sites (tertiary alicyclic amines) is 1. The first-order chi connectivity index (χ1) is 10.9. The highest BCUT2D eigenvalue weighted by Crippen LogP contribution is 2.22. The van der Waals surface area contributed by atoms with Crippen LogP contribution < -0.4 is 5.32 Å². The van der Waals surface area contributed by atoms with Gasteiger partial charge in [0.15, 0.2) is 0 Å². The molecule has 1 heterocycles. The molecule has 0 spiro atoms. The number of amides is 3. The second-order valence-corrected chi connectivity index (χ2v) is 6.41. The lowest BCUT2D eigenvalue weighted by Crippen LogP contribution is -2.39. The van der Waals surface area contributed by atoms with Gasteiger partial charge in [0.1, 0.15) is 0 Å². The van der Waals surface area contributed by atoms with Gasteiger partial charge in [-0.15, -0.1) is 0 Å². The number of hydrogen-bond acceptors (Lipinski definition) is 4. The third-order valence-corrected chi connectivity index (χ3v) is 4.14. The van der Waals surface area contributed by atoms with E-state index in [2.05, 4.69) is 5.32 Å². The minimum absolute atomic E-state index is 0.0153. The fourth-order valence-corrected chi connectivity index (χ4v) is 2.61. The normalized spacial score (nSPS) is 20.7. The summed E-state index contributed by atoms with van der Waals surface area (Å²) in [7, 11) is 0. The van der Waals surface area contributed by atoms with Gasteiger partial charge in [-0.1, -0.05) is 13.8 Å². The molecule has 3 amide bonds. The van der Waals surface area contributed by atoms with Gasteiger partial charge in [-0.25, -0.2) is 0 Å². The standard InChI is InChI=1S/C17H30N2O4/c1-5-9-18-15(20)7-6-14(4)23-10-8-13(3)19-16(21)11-12(2)17(19)22/h12-14H,5-11H2,1-4H3,(H,18,20). The van der Waals surface area contributed by atoms with Crippen LogP contribution in [0.4, 0.5) is 0 Å². The quantitative estimate of drug-likeness (QED) is 0.622. The van der Waals surface area contributed by atoms with Gasteiger partial charge >= 0.3 is 0 Å². The average Bonchev–Trinajstić information content (AvgIpc) is 2.75. The van der Waals surface area contributed by atoms with E-state index < -0.39 is 0 Å². The van der Waals surface area contributed by atoms with Crippen LogP contribution >= 0.6 is 0 Å². The maximum Gasteiger partial charge on any atom is 0.232 e. The van der Waals surface area contributed by atoms with Crippen molar-refractivity contribution in [3.05, 3.63) is 0 Å². The van der Waals surface area contributed by atoms with Crippen molar-refractivity contribution in [2.75, 3.05) is 13.2 Å². The van der Waals surface area contributed by atoms with E-state index in [0.29, 0.717) is 38.8 Å². The molecule has 132 valence electrons. The molecule has 1 fully saturated rings. The molecule has 23 heavy (non-hydrogen) atoms. The Balaban J connectivity index is 2.21. The molecule has 3 unspecified atom stereocenters. The highest BCUT2D eigenvalue weighted by atomic mass is 16.5. The Bertz CT molecular complexity index is 425. The van der Waals surface area contributed by atoms with Crippen LogP contribution in [0.25, 0.3) is 0 Å². The summed E-state index contributed by atoms with van der Waals surface area (Å²) >= 11 is 0. The van der Waals surface area contributed by atoms with Crippen molar-refractivity contribution in [1.29, 1.82) is 0 Å². The van der Waals surface area contributed by atoms with E-state index in [9.17, 15) is 14.4 Å². The maximum atomic E-state index is 11.9. The van der Waals surface area contributed by atoms with Crippen LogP contribution in [0.1, 0.15) is 59.8 Å². The van der Waals surface area contributed by atoms with Crippen LogP contribution in [-0.4, -0.2) is 47.9 Å². The molecule has 0 aliphatic carbocycles. The molecule has 6 heteroatoms. The topological polar surface area (TPSA) is 75.7 Å². The summed E-state index contributed by atoms with van der Waals surface area (Å²) in [6, 6.07) is -0.139. The number of nitrogens with zero attached hydrogens (tertiary/aromatic N) is 1. The van der Waals surface area contributed by atoms with Gasteiger partial charge < -0.3 is 10.1 Å². The smallest absolute Gasteiger partial charge is 0.232 e. The molecule has 6 nitrogen and oxygen atoms in total. The number of ether oxygens (including phenoxy) is 1. The third kappa shape index (κ3) is 6.29. The first-order valence-electron chi connectivity index (χ1n) is 8.61. The summed E-state index contributed by atoms with van der Waals surface area (Å²) in [6.07, 6.45) is 2.98. The minimum Gasteiger partial charge on any atom is -0.378 e. The van der Waals surface area contributed by atoms with Crippen molar-refractivity contribution in [2.45, 2.75) is 71.9 Å². The summed E-state index contributed by atoms with van der Waals surface area (Å²) in [6.45, 7) is 8.80. The van der Waals surface area contributed by atoms with Crippen molar-refractivity contribution in [1.82, 2.24) is 10.2 Å². The summed E-state index contributed by atoms with van der Waals surface area (Å²) in [5, 5.41) is 2.84. The molecule has 0 radical (unpaired) electrons. The van der Waals surface area contributed by atoms with Gasteiger partial charge in [0, 0.05) is 38.0 Å². The Hall–Kier alpha value is -1.43. The minimum atomic E-state index is -0.202. The van der Waals surface area contributed by atoms with Gasteiger partial charge in [-0.2, -0.15) is 0 Å². The SMILES string of the molecule is CCCNC(=O)CCC(C)OCCC(C)N1C(=O)CC(C)C1=O. The number of carbonyl (C=O) groups is 3. The van der Waals surface area contributed by atoms with Crippen LogP contribution in [0.5, 0.6) is 0 Å². The first kappa shape index (κ1) is 19.6. The Morgan fingerprint density at radius 3 is 2.61 bits per heavy atom. The second kappa shape index (κ2) is 9.65. The summed E-state index contributed by atoms with van der Waals surface area (Å²) in [5.41, 5.74) is 0. The zero-order valence-electron chi connectivity index (χ0n) is 14.8. The van der Waals surface area contributed by atoms with Gasteiger partial charge in [-0.05, 0) is 33.1 Å². The predicted molar refractivity (Wildman–Crippen MR) is 87.7 cm³/mol. The second-order valence-electron chi connectivity index (χ2n) is 6.41.